The highest BCUT2D eigenvalue weighted by molar-refractivity contribution is 5.87. The lowest BCUT2D eigenvalue weighted by Crippen LogP contribution is -2.40. The Kier molecular flexibility index (Phi) is 4.13. The van der Waals surface area contributed by atoms with Crippen LogP contribution in [-0.4, -0.2) is 30.9 Å². The van der Waals surface area contributed by atoms with Gasteiger partial charge in [0.15, 0.2) is 11.2 Å². The van der Waals surface area contributed by atoms with Crippen molar-refractivity contribution in [3.05, 3.63) is 33.0 Å². The van der Waals surface area contributed by atoms with E-state index in [-0.39, 0.29) is 11.2 Å². The van der Waals surface area contributed by atoms with Crippen LogP contribution in [0.25, 0.3) is 11.2 Å². The van der Waals surface area contributed by atoms with Gasteiger partial charge in [0.25, 0.3) is 5.56 Å². The first kappa shape index (κ1) is 16.2. The summed E-state index contributed by atoms with van der Waals surface area (Å²) in [5, 5.41) is 6.27. The van der Waals surface area contributed by atoms with Crippen LogP contribution in [0.3, 0.4) is 0 Å². The van der Waals surface area contributed by atoms with Crippen molar-refractivity contribution in [1.29, 1.82) is 0 Å². The number of rotatable bonds is 4. The first-order valence-electron chi connectivity index (χ1n) is 8.12. The van der Waals surface area contributed by atoms with Gasteiger partial charge in [-0.15, -0.1) is 0 Å². The van der Waals surface area contributed by atoms with Crippen LogP contribution >= 0.6 is 0 Å². The molecule has 0 bridgehead atoms. The number of hydrogen-bond donors (Lipinski definition) is 0. The van der Waals surface area contributed by atoms with Gasteiger partial charge in [-0.05, 0) is 20.3 Å². The minimum atomic E-state index is -0.331. The molecule has 0 radical (unpaired) electrons. The van der Waals surface area contributed by atoms with E-state index in [0.29, 0.717) is 36.7 Å². The summed E-state index contributed by atoms with van der Waals surface area (Å²) in [5.74, 6) is 0.593. The van der Waals surface area contributed by atoms with Gasteiger partial charge in [0, 0.05) is 13.6 Å². The van der Waals surface area contributed by atoms with E-state index in [4.69, 9.17) is 0 Å². The Morgan fingerprint density at radius 3 is 2.71 bits per heavy atom. The second-order valence-corrected chi connectivity index (χ2v) is 5.95. The lowest BCUT2D eigenvalue weighted by molar-refractivity contribution is 0.591. The second-order valence-electron chi connectivity index (χ2n) is 5.95. The van der Waals surface area contributed by atoms with Crippen molar-refractivity contribution in [2.45, 2.75) is 40.3 Å². The molecule has 0 N–H and O–H groups in total. The number of aromatic nitrogens is 4. The van der Waals surface area contributed by atoms with Crippen molar-refractivity contribution in [3.63, 3.8) is 0 Å². The maximum Gasteiger partial charge on any atom is 0.332 e. The molecule has 3 heterocycles. The third-order valence-corrected chi connectivity index (χ3v) is 4.08. The fraction of sp³-hybridized carbons (Fsp3) is 0.500. The zero-order valence-corrected chi connectivity index (χ0v) is 14.5. The van der Waals surface area contributed by atoms with Crippen molar-refractivity contribution < 1.29 is 0 Å². The largest absolute Gasteiger partial charge is 0.332 e. The molecule has 0 atom stereocenters. The zero-order chi connectivity index (χ0) is 17.4. The molecule has 1 aliphatic rings. The highest BCUT2D eigenvalue weighted by Gasteiger charge is 2.25. The highest BCUT2D eigenvalue weighted by Crippen LogP contribution is 2.23. The molecule has 0 aromatic carbocycles. The zero-order valence-electron chi connectivity index (χ0n) is 14.5. The molecule has 2 aromatic heterocycles. The lowest BCUT2D eigenvalue weighted by atomic mass is 10.3. The smallest absolute Gasteiger partial charge is 0.297 e. The quantitative estimate of drug-likeness (QED) is 0.786. The average molecular weight is 330 g/mol. The summed E-state index contributed by atoms with van der Waals surface area (Å²) in [7, 11) is 1.65. The van der Waals surface area contributed by atoms with E-state index in [2.05, 4.69) is 10.1 Å². The van der Waals surface area contributed by atoms with Crippen LogP contribution < -0.4 is 16.3 Å². The molecule has 0 aliphatic carbocycles. The van der Waals surface area contributed by atoms with Gasteiger partial charge in [-0.2, -0.15) is 10.1 Å². The summed E-state index contributed by atoms with van der Waals surface area (Å²) in [6.07, 6.45) is 4.63. The Labute approximate surface area is 139 Å². The highest BCUT2D eigenvalue weighted by atomic mass is 16.2. The molecular formula is C16H22N6O2. The Morgan fingerprint density at radius 2 is 2.04 bits per heavy atom. The number of nitrogens with zero attached hydrogens (tertiary/aromatic N) is 6. The Bertz CT molecular complexity index is 960. The SMILES string of the molecule is C/C=C/CN1N=C(C)Cn2c1nc1c2c(=O)n(CCC)c(=O)n1C. The molecule has 0 spiro atoms. The first-order chi connectivity index (χ1) is 11.5. The monoisotopic (exact) mass is 330 g/mol. The second kappa shape index (κ2) is 6.10. The predicted molar refractivity (Wildman–Crippen MR) is 94.8 cm³/mol. The van der Waals surface area contributed by atoms with E-state index in [1.807, 2.05) is 37.5 Å². The molecular weight excluding hydrogens is 308 g/mol. The maximum absolute atomic E-state index is 12.9. The summed E-state index contributed by atoms with van der Waals surface area (Å²) < 4.78 is 4.59. The fourth-order valence-corrected chi connectivity index (χ4v) is 2.97. The molecule has 128 valence electrons. The molecule has 2 aromatic rings. The molecule has 0 unspecified atom stereocenters. The van der Waals surface area contributed by atoms with Crippen molar-refractivity contribution in [2.24, 2.45) is 12.1 Å². The normalized spacial score (nSPS) is 14.5. The summed E-state index contributed by atoms with van der Waals surface area (Å²) >= 11 is 0. The molecule has 0 saturated carbocycles. The van der Waals surface area contributed by atoms with Gasteiger partial charge in [-0.25, -0.2) is 9.80 Å². The molecule has 3 rings (SSSR count). The Balaban J connectivity index is 2.32. The number of imidazole rings is 1. The summed E-state index contributed by atoms with van der Waals surface area (Å²) in [6.45, 7) is 7.27. The standard InChI is InChI=1S/C16H22N6O2/c1-5-7-9-22-15-17-13-12(21(15)10-11(3)18-22)14(23)20(8-6-2)16(24)19(13)4/h5,7H,6,8-10H2,1-4H3/b7-5+. The van der Waals surface area contributed by atoms with Gasteiger partial charge >= 0.3 is 5.69 Å². The van der Waals surface area contributed by atoms with Crippen LogP contribution in [0.2, 0.25) is 0 Å². The van der Waals surface area contributed by atoms with Crippen LogP contribution in [0.1, 0.15) is 27.2 Å². The third kappa shape index (κ3) is 2.38. The minimum Gasteiger partial charge on any atom is -0.297 e. The van der Waals surface area contributed by atoms with Crippen LogP contribution in [0.5, 0.6) is 0 Å². The summed E-state index contributed by atoms with van der Waals surface area (Å²) in [5.41, 5.74) is 1.14. The molecule has 0 saturated heterocycles. The number of hydrogen-bond acceptors (Lipinski definition) is 5. The van der Waals surface area contributed by atoms with Gasteiger partial charge in [-0.3, -0.25) is 18.5 Å². The number of hydrazone groups is 1. The topological polar surface area (TPSA) is 77.4 Å². The number of fused-ring (bicyclic) bond motifs is 3. The van der Waals surface area contributed by atoms with Crippen LogP contribution in [0.4, 0.5) is 5.95 Å². The van der Waals surface area contributed by atoms with Crippen molar-refractivity contribution in [2.75, 3.05) is 11.6 Å². The van der Waals surface area contributed by atoms with Gasteiger partial charge < -0.3 is 0 Å². The van der Waals surface area contributed by atoms with Crippen molar-refractivity contribution in [3.8, 4) is 0 Å². The number of aryl methyl sites for hydroxylation is 1. The van der Waals surface area contributed by atoms with Gasteiger partial charge in [-0.1, -0.05) is 19.1 Å². The molecule has 0 fully saturated rings. The van der Waals surface area contributed by atoms with E-state index in [0.717, 1.165) is 12.1 Å². The number of allylic oxidation sites excluding steroid dienone is 1. The van der Waals surface area contributed by atoms with E-state index < -0.39 is 0 Å². The molecule has 1 aliphatic heterocycles. The van der Waals surface area contributed by atoms with Crippen molar-refractivity contribution >= 4 is 22.8 Å². The molecule has 0 amide bonds. The van der Waals surface area contributed by atoms with E-state index in [9.17, 15) is 9.59 Å². The van der Waals surface area contributed by atoms with Gasteiger partial charge in [0.2, 0.25) is 5.95 Å². The van der Waals surface area contributed by atoms with Crippen LogP contribution in [0.15, 0.2) is 26.8 Å². The van der Waals surface area contributed by atoms with E-state index in [1.165, 1.54) is 9.13 Å². The molecule has 8 nitrogen and oxygen atoms in total. The summed E-state index contributed by atoms with van der Waals surface area (Å²) in [6, 6.07) is 0. The fourth-order valence-electron chi connectivity index (χ4n) is 2.97. The minimum absolute atomic E-state index is 0.283. The van der Waals surface area contributed by atoms with Crippen molar-refractivity contribution in [1.82, 2.24) is 18.7 Å². The Hall–Kier alpha value is -2.64. The average Bonchev–Trinajstić information content (AvgIpc) is 2.94. The molecule has 8 heteroatoms. The predicted octanol–water partition coefficient (Wildman–Crippen LogP) is 1.08. The molecule has 24 heavy (non-hydrogen) atoms. The van der Waals surface area contributed by atoms with E-state index in [1.54, 1.807) is 12.1 Å². The van der Waals surface area contributed by atoms with Gasteiger partial charge in [0.1, 0.15) is 0 Å². The van der Waals surface area contributed by atoms with E-state index >= 15 is 0 Å². The maximum atomic E-state index is 12.9. The first-order valence-corrected chi connectivity index (χ1v) is 8.12. The number of anilines is 1. The van der Waals surface area contributed by atoms with Crippen LogP contribution in [-0.2, 0) is 20.1 Å². The lowest BCUT2D eigenvalue weighted by Gasteiger charge is -2.23. The summed E-state index contributed by atoms with van der Waals surface area (Å²) in [4.78, 5) is 29.9. The van der Waals surface area contributed by atoms with Crippen LogP contribution in [0, 0.1) is 0 Å². The van der Waals surface area contributed by atoms with Gasteiger partial charge in [0.05, 0.1) is 18.8 Å². The third-order valence-electron chi connectivity index (χ3n) is 4.08. The Morgan fingerprint density at radius 1 is 1.29 bits per heavy atom.